The van der Waals surface area contributed by atoms with E-state index in [0.29, 0.717) is 55.1 Å². The molecule has 4 aromatic carbocycles. The zero-order chi connectivity index (χ0) is 65.7. The Morgan fingerprint density at radius 1 is 0.607 bits per heavy atom. The number of nitrogens with zero attached hydrogens (tertiary/aromatic N) is 5. The fraction of sp³-hybridized carbons (Fsp3) is 0.448. The van der Waals surface area contributed by atoms with Gasteiger partial charge in [-0.3, -0.25) is 38.8 Å². The van der Waals surface area contributed by atoms with Gasteiger partial charge in [-0.1, -0.05) is 36.4 Å². The highest BCUT2D eigenvalue weighted by Gasteiger charge is 2.48. The van der Waals surface area contributed by atoms with Crippen molar-refractivity contribution >= 4 is 88.4 Å². The number of nitrogens with one attached hydrogen (secondary N) is 3. The third kappa shape index (κ3) is 20.7. The Balaban J connectivity index is 0.000000235. The number of piperidine rings is 2. The Hall–Kier alpha value is -7.67. The molecule has 8 rings (SSSR count). The van der Waals surface area contributed by atoms with Crippen molar-refractivity contribution in [2.75, 3.05) is 73.8 Å². The molecule has 22 nitrogen and oxygen atoms in total. The van der Waals surface area contributed by atoms with E-state index in [9.17, 15) is 71.9 Å². The first kappa shape index (κ1) is 70.4. The molecule has 4 amide bonds. The molecule has 31 heteroatoms. The highest BCUT2D eigenvalue weighted by atomic mass is 35.7. The molecule has 0 saturated carbocycles. The Kier molecular flexibility index (Phi) is 23.5. The minimum atomic E-state index is -4.87. The molecule has 0 aromatic heterocycles. The first-order chi connectivity index (χ1) is 41.6. The zero-order valence-corrected chi connectivity index (χ0v) is 51.7. The van der Waals surface area contributed by atoms with Crippen molar-refractivity contribution in [3.05, 3.63) is 118 Å². The largest absolute Gasteiger partial charge is 0.573 e. The second-order valence-electron chi connectivity index (χ2n) is 21.0. The standard InChI is InChI=1S/C29H33F3N4O7S.C15H20ClNO5S.C14H14F3N3O2/c1-19-17-24(36(20(2)37)14-15-42-21(3)38)8-7-22(19)9-16-44(40,41)35-12-10-28(11-13-35)27(39)33-26(34-28)23-5-4-6-25(18-23)43-29(30,31)32;1-11-10-15(5-4-14(11)6-9-23(16,20)21)17(12(2)18)7-8-22-13(3)19;15-14(16,17)22-10-3-1-2-9(8-10)11-19-12(21)13(20-11)4-6-18-7-5-13/h4-8,17-18H,9-16H2,1-3H3,(H,33,34,39);4-5,10H,6-9H2,1-3H3;1-3,8,18H,4-7H2,(H,19,20,21). The lowest BCUT2D eigenvalue weighted by atomic mass is 9.89. The van der Waals surface area contributed by atoms with Crippen LogP contribution >= 0.6 is 10.7 Å². The highest BCUT2D eigenvalue weighted by Crippen LogP contribution is 2.35. The SMILES string of the molecule is CC(=O)OCCN(C(C)=O)c1ccc(CCS(=O)(=O)Cl)c(C)c1.CC(=O)OCCN(C(C)=O)c1ccc(CCS(=O)(=O)N2CCC3(CC2)N=C(c2cccc(OC(F)(F)F)c2)NC3=O)c(C)c1.O=C1NC(c2cccc(OC(F)(F)F)c2)=NC12CCNCC2. The van der Waals surface area contributed by atoms with Gasteiger partial charge in [0.1, 0.15) is 47.5 Å². The van der Waals surface area contributed by atoms with E-state index >= 15 is 0 Å². The quantitative estimate of drug-likeness (QED) is 0.0500. The van der Waals surface area contributed by atoms with Crippen LogP contribution in [0.25, 0.3) is 0 Å². The maximum absolute atomic E-state index is 13.2. The first-order valence-electron chi connectivity index (χ1n) is 27.7. The normalized spacial score (nSPS) is 16.3. The number of carbonyl (C=O) groups is 6. The summed E-state index contributed by atoms with van der Waals surface area (Å²) in [5.41, 5.74) is 3.18. The molecule has 484 valence electrons. The summed E-state index contributed by atoms with van der Waals surface area (Å²) in [6, 6.07) is 21.1. The second-order valence-corrected chi connectivity index (χ2v) is 26.0. The van der Waals surface area contributed by atoms with Crippen molar-refractivity contribution in [2.24, 2.45) is 9.98 Å². The molecule has 2 spiro atoms. The first-order valence-corrected chi connectivity index (χ1v) is 31.8. The molecule has 4 aliphatic heterocycles. The van der Waals surface area contributed by atoms with Gasteiger partial charge < -0.3 is 44.7 Å². The van der Waals surface area contributed by atoms with Crippen LogP contribution in [0.1, 0.15) is 86.8 Å². The minimum Gasteiger partial charge on any atom is -0.464 e. The number of ether oxygens (including phenoxy) is 4. The number of hydrogen-bond acceptors (Lipinski definition) is 17. The molecule has 0 radical (unpaired) electrons. The minimum absolute atomic E-state index is 0.0451. The zero-order valence-electron chi connectivity index (χ0n) is 49.3. The van der Waals surface area contributed by atoms with Gasteiger partial charge in [0.05, 0.1) is 24.6 Å². The van der Waals surface area contributed by atoms with Gasteiger partial charge >= 0.3 is 24.7 Å². The summed E-state index contributed by atoms with van der Waals surface area (Å²) in [7, 11) is -2.01. The van der Waals surface area contributed by atoms with Gasteiger partial charge in [-0.15, -0.1) is 26.3 Å². The number of benzene rings is 4. The number of hydrogen-bond donors (Lipinski definition) is 3. The number of anilines is 2. The third-order valence-corrected chi connectivity index (χ3v) is 17.6. The Morgan fingerprint density at radius 2 is 1.01 bits per heavy atom. The number of sulfonamides is 1. The van der Waals surface area contributed by atoms with Gasteiger partial charge in [-0.2, -0.15) is 0 Å². The summed E-state index contributed by atoms with van der Waals surface area (Å²) >= 11 is 0. The van der Waals surface area contributed by atoms with Gasteiger partial charge in [0.25, 0.3) is 11.8 Å². The van der Waals surface area contributed by atoms with E-state index in [1.165, 1.54) is 72.1 Å². The van der Waals surface area contributed by atoms with Gasteiger partial charge in [-0.25, -0.2) is 21.1 Å². The number of carbonyl (C=O) groups excluding carboxylic acids is 6. The van der Waals surface area contributed by atoms with E-state index in [1.54, 1.807) is 42.5 Å². The molecule has 3 N–H and O–H groups in total. The lowest BCUT2D eigenvalue weighted by Crippen LogP contribution is -2.50. The van der Waals surface area contributed by atoms with Crippen molar-refractivity contribution in [2.45, 2.75) is 104 Å². The van der Waals surface area contributed by atoms with Crippen molar-refractivity contribution in [3.8, 4) is 11.5 Å². The van der Waals surface area contributed by atoms with Crippen molar-refractivity contribution in [1.82, 2.24) is 20.3 Å². The average Bonchev–Trinajstić information content (AvgIpc) is 1.75. The van der Waals surface area contributed by atoms with Gasteiger partial charge in [0.2, 0.25) is 30.9 Å². The van der Waals surface area contributed by atoms with E-state index in [-0.39, 0.29) is 105 Å². The Bertz CT molecular complexity index is 3580. The predicted molar refractivity (Wildman–Crippen MR) is 316 cm³/mol. The Morgan fingerprint density at radius 3 is 1.38 bits per heavy atom. The van der Waals surface area contributed by atoms with Crippen LogP contribution in [-0.2, 0) is 70.2 Å². The summed E-state index contributed by atoms with van der Waals surface area (Å²) in [4.78, 5) is 82.8. The molecule has 2 saturated heterocycles. The molecule has 4 heterocycles. The monoisotopic (exact) mass is 1310 g/mol. The summed E-state index contributed by atoms with van der Waals surface area (Å²) in [6.07, 6.45) is -7.72. The molecule has 0 aliphatic carbocycles. The maximum atomic E-state index is 13.2. The van der Waals surface area contributed by atoms with E-state index < -0.39 is 66.5 Å². The average molecular weight is 1310 g/mol. The smallest absolute Gasteiger partial charge is 0.464 e. The number of halogens is 7. The lowest BCUT2D eigenvalue weighted by Gasteiger charge is -2.34. The van der Waals surface area contributed by atoms with Crippen LogP contribution in [0.5, 0.6) is 11.5 Å². The van der Waals surface area contributed by atoms with E-state index in [1.807, 2.05) is 13.8 Å². The van der Waals surface area contributed by atoms with Crippen molar-refractivity contribution in [3.63, 3.8) is 0 Å². The molecule has 0 bridgehead atoms. The number of amidine groups is 2. The third-order valence-electron chi connectivity index (χ3n) is 14.5. The molecule has 2 fully saturated rings. The molecule has 4 aromatic rings. The van der Waals surface area contributed by atoms with Crippen molar-refractivity contribution in [1.29, 1.82) is 0 Å². The van der Waals surface area contributed by atoms with Crippen LogP contribution in [0.15, 0.2) is 94.9 Å². The van der Waals surface area contributed by atoms with Crippen LogP contribution in [0.3, 0.4) is 0 Å². The number of alkyl halides is 6. The van der Waals surface area contributed by atoms with Crippen LogP contribution in [-0.4, -0.2) is 156 Å². The van der Waals surface area contributed by atoms with Crippen LogP contribution in [0.4, 0.5) is 37.7 Å². The molecule has 0 atom stereocenters. The van der Waals surface area contributed by atoms with E-state index in [0.717, 1.165) is 34.4 Å². The molecular weight excluding hydrogens is 1250 g/mol. The summed E-state index contributed by atoms with van der Waals surface area (Å²) in [5.74, 6) is -2.59. The van der Waals surface area contributed by atoms with Crippen LogP contribution in [0.2, 0.25) is 0 Å². The van der Waals surface area contributed by atoms with Gasteiger partial charge in [0, 0.05) is 74.0 Å². The number of esters is 2. The van der Waals surface area contributed by atoms with Crippen molar-refractivity contribution < 1.29 is 90.9 Å². The fourth-order valence-corrected chi connectivity index (χ4v) is 12.2. The van der Waals surface area contributed by atoms with Crippen LogP contribution in [0, 0.1) is 13.8 Å². The van der Waals surface area contributed by atoms with Gasteiger partial charge in [-0.05, 0) is 136 Å². The van der Waals surface area contributed by atoms with Gasteiger partial charge in [0.15, 0.2) is 0 Å². The molecule has 89 heavy (non-hydrogen) atoms. The fourth-order valence-electron chi connectivity index (χ4n) is 9.99. The second kappa shape index (κ2) is 29.8. The molecular formula is C58H67ClF6N8O14S2. The number of aryl methyl sites for hydroxylation is 4. The highest BCUT2D eigenvalue weighted by molar-refractivity contribution is 8.13. The summed E-state index contributed by atoms with van der Waals surface area (Å²) in [5, 5.41) is 8.44. The van der Waals surface area contributed by atoms with Crippen LogP contribution < -0.4 is 35.2 Å². The number of amides is 4. The molecule has 4 aliphatic rings. The topological polar surface area (TPSA) is 278 Å². The summed E-state index contributed by atoms with van der Waals surface area (Å²) in [6.45, 7) is 11.1. The predicted octanol–water partition coefficient (Wildman–Crippen LogP) is 6.70. The maximum Gasteiger partial charge on any atom is 0.573 e. The Labute approximate surface area is 514 Å². The van der Waals surface area contributed by atoms with E-state index in [4.69, 9.17) is 20.2 Å². The number of aliphatic imine (C=N–C) groups is 2. The van der Waals surface area contributed by atoms with E-state index in [2.05, 4.69) is 35.4 Å². The number of rotatable bonds is 19. The lowest BCUT2D eigenvalue weighted by molar-refractivity contribution is -0.275. The summed E-state index contributed by atoms with van der Waals surface area (Å²) < 4.78 is 142. The molecule has 0 unspecified atom stereocenters.